The molecule has 1 aliphatic heterocycles. The van der Waals surface area contributed by atoms with Crippen LogP contribution in [0.2, 0.25) is 0 Å². The molecule has 1 aromatic heterocycles. The predicted molar refractivity (Wildman–Crippen MR) is 45.7 cm³/mol. The zero-order chi connectivity index (χ0) is 7.97. The minimum atomic E-state index is 0.868. The maximum Gasteiger partial charge on any atom is 0.152 e. The molecule has 0 atom stereocenters. The second-order valence-corrected chi connectivity index (χ2v) is 2.69. The molecule has 2 aromatic rings. The molecule has 0 unspecified atom stereocenters. The van der Waals surface area contributed by atoms with Gasteiger partial charge in [0.2, 0.25) is 0 Å². The van der Waals surface area contributed by atoms with Crippen molar-refractivity contribution < 1.29 is 4.74 Å². The van der Waals surface area contributed by atoms with Crippen LogP contribution in [0.3, 0.4) is 0 Å². The smallest absolute Gasteiger partial charge is 0.152 e. The summed E-state index contributed by atoms with van der Waals surface area (Å²) < 4.78 is 7.13. The first-order valence-electron chi connectivity index (χ1n) is 3.75. The number of aromatic nitrogens is 2. The van der Waals surface area contributed by atoms with E-state index >= 15 is 0 Å². The average Bonchev–Trinajstić information content (AvgIpc) is 2.52. The first kappa shape index (κ1) is 5.83. The summed E-state index contributed by atoms with van der Waals surface area (Å²) in [6.45, 7) is 0. The molecule has 0 aliphatic carbocycles. The van der Waals surface area contributed by atoms with Crippen molar-refractivity contribution in [2.45, 2.75) is 0 Å². The maximum atomic E-state index is 5.31. The van der Waals surface area contributed by atoms with Gasteiger partial charge in [0.15, 0.2) is 5.75 Å². The Morgan fingerprint density at radius 1 is 1.33 bits per heavy atom. The van der Waals surface area contributed by atoms with E-state index in [4.69, 9.17) is 4.74 Å². The van der Waals surface area contributed by atoms with Gasteiger partial charge in [0.1, 0.15) is 11.8 Å². The Morgan fingerprint density at radius 3 is 3.33 bits per heavy atom. The highest BCUT2D eigenvalue weighted by Crippen LogP contribution is 2.27. The van der Waals surface area contributed by atoms with Crippen molar-refractivity contribution in [2.24, 2.45) is 0 Å². The van der Waals surface area contributed by atoms with Crippen LogP contribution >= 0.6 is 0 Å². The Balaban J connectivity index is 2.57. The van der Waals surface area contributed by atoms with E-state index in [1.807, 2.05) is 29.1 Å². The summed E-state index contributed by atoms with van der Waals surface area (Å²) in [6, 6.07) is 5.91. The van der Waals surface area contributed by atoms with Crippen molar-refractivity contribution in [2.75, 3.05) is 0 Å². The summed E-state index contributed by atoms with van der Waals surface area (Å²) in [5.74, 6) is 0.868. The van der Waals surface area contributed by atoms with Crippen LogP contribution in [0.5, 0.6) is 5.75 Å². The molecule has 0 fully saturated rings. The van der Waals surface area contributed by atoms with Crippen LogP contribution in [0.4, 0.5) is 0 Å². The van der Waals surface area contributed by atoms with Gasteiger partial charge in [-0.2, -0.15) is 5.10 Å². The Hall–Kier alpha value is -1.77. The van der Waals surface area contributed by atoms with Crippen molar-refractivity contribution >= 4 is 17.1 Å². The van der Waals surface area contributed by atoms with Crippen LogP contribution < -0.4 is 4.74 Å². The van der Waals surface area contributed by atoms with Gasteiger partial charge < -0.3 is 4.74 Å². The lowest BCUT2D eigenvalue weighted by Gasteiger charge is -2.08. The summed E-state index contributed by atoms with van der Waals surface area (Å²) >= 11 is 0. The van der Waals surface area contributed by atoms with Gasteiger partial charge in [-0.25, -0.2) is 4.68 Å². The van der Waals surface area contributed by atoms with Crippen LogP contribution in [-0.4, -0.2) is 9.78 Å². The van der Waals surface area contributed by atoms with E-state index < -0.39 is 0 Å². The Kier molecular flexibility index (Phi) is 0.913. The van der Waals surface area contributed by atoms with Gasteiger partial charge in [-0.3, -0.25) is 0 Å². The van der Waals surface area contributed by atoms with E-state index in [-0.39, 0.29) is 0 Å². The summed E-state index contributed by atoms with van der Waals surface area (Å²) in [6.07, 6.45) is 5.27. The van der Waals surface area contributed by atoms with Crippen molar-refractivity contribution in [1.82, 2.24) is 9.78 Å². The predicted octanol–water partition coefficient (Wildman–Crippen LogP) is 1.86. The molecular formula is C9H6N2O. The molecule has 12 heavy (non-hydrogen) atoms. The molecule has 1 aromatic carbocycles. The van der Waals surface area contributed by atoms with Crippen molar-refractivity contribution in [1.29, 1.82) is 0 Å². The second-order valence-electron chi connectivity index (χ2n) is 2.69. The summed E-state index contributed by atoms with van der Waals surface area (Å²) in [5, 5.41) is 5.28. The van der Waals surface area contributed by atoms with Crippen LogP contribution in [0.25, 0.3) is 17.1 Å². The molecular weight excluding hydrogens is 152 g/mol. The topological polar surface area (TPSA) is 27.1 Å². The monoisotopic (exact) mass is 158 g/mol. The summed E-state index contributed by atoms with van der Waals surface area (Å²) in [5.41, 5.74) is 1.04. The molecule has 0 radical (unpaired) electrons. The molecule has 3 heteroatoms. The minimum absolute atomic E-state index is 0.868. The van der Waals surface area contributed by atoms with Crippen LogP contribution in [0.15, 0.2) is 30.7 Å². The van der Waals surface area contributed by atoms with Crippen LogP contribution in [0.1, 0.15) is 0 Å². The van der Waals surface area contributed by atoms with Gasteiger partial charge in [-0.15, -0.1) is 0 Å². The largest absolute Gasteiger partial charge is 0.461 e. The highest BCUT2D eigenvalue weighted by molar-refractivity contribution is 5.86. The Morgan fingerprint density at radius 2 is 2.33 bits per heavy atom. The number of nitrogens with zero attached hydrogens (tertiary/aromatic N) is 2. The first-order chi connectivity index (χ1) is 5.95. The molecule has 2 heterocycles. The number of hydrogen-bond acceptors (Lipinski definition) is 2. The Bertz CT molecular complexity index is 470. The van der Waals surface area contributed by atoms with E-state index in [1.54, 1.807) is 12.5 Å². The van der Waals surface area contributed by atoms with E-state index in [2.05, 4.69) is 5.10 Å². The van der Waals surface area contributed by atoms with E-state index in [1.165, 1.54) is 0 Å². The van der Waals surface area contributed by atoms with Gasteiger partial charge in [0, 0.05) is 5.39 Å². The molecule has 3 rings (SSSR count). The zero-order valence-corrected chi connectivity index (χ0v) is 6.27. The molecule has 3 nitrogen and oxygen atoms in total. The number of rotatable bonds is 0. The molecule has 0 saturated carbocycles. The van der Waals surface area contributed by atoms with E-state index in [9.17, 15) is 0 Å². The lowest BCUT2D eigenvalue weighted by molar-refractivity contribution is 0.479. The fraction of sp³-hybridized carbons (Fsp3) is 0. The lowest BCUT2D eigenvalue weighted by atomic mass is 10.2. The second kappa shape index (κ2) is 1.88. The van der Waals surface area contributed by atoms with Crippen molar-refractivity contribution in [3.8, 4) is 5.75 Å². The first-order valence-corrected chi connectivity index (χ1v) is 3.75. The molecule has 0 N–H and O–H groups in total. The van der Waals surface area contributed by atoms with E-state index in [0.29, 0.717) is 0 Å². The Labute approximate surface area is 68.9 Å². The average molecular weight is 158 g/mol. The SMILES string of the molecule is C1=Cn2ncc3cccc(c32)O1. The normalized spacial score (nSPS) is 13.3. The number of para-hydroxylation sites is 1. The fourth-order valence-electron chi connectivity index (χ4n) is 1.44. The fourth-order valence-corrected chi connectivity index (χ4v) is 1.44. The third-order valence-electron chi connectivity index (χ3n) is 1.98. The van der Waals surface area contributed by atoms with Gasteiger partial charge in [-0.05, 0) is 6.07 Å². The van der Waals surface area contributed by atoms with Gasteiger partial charge in [0.25, 0.3) is 0 Å². The maximum absolute atomic E-state index is 5.31. The lowest BCUT2D eigenvalue weighted by Crippen LogP contribution is -1.97. The molecule has 1 aliphatic rings. The van der Waals surface area contributed by atoms with Crippen molar-refractivity contribution in [3.05, 3.63) is 30.7 Å². The number of ether oxygens (including phenoxy) is 1. The van der Waals surface area contributed by atoms with Gasteiger partial charge >= 0.3 is 0 Å². The highest BCUT2D eigenvalue weighted by Gasteiger charge is 2.09. The molecule has 0 spiro atoms. The highest BCUT2D eigenvalue weighted by atomic mass is 16.5. The van der Waals surface area contributed by atoms with Crippen molar-refractivity contribution in [3.63, 3.8) is 0 Å². The third kappa shape index (κ3) is 0.580. The van der Waals surface area contributed by atoms with E-state index in [0.717, 1.165) is 16.7 Å². The van der Waals surface area contributed by atoms with Gasteiger partial charge in [0.05, 0.1) is 12.4 Å². The van der Waals surface area contributed by atoms with Crippen LogP contribution in [0, 0.1) is 0 Å². The minimum Gasteiger partial charge on any atom is -0.461 e. The summed E-state index contributed by atoms with van der Waals surface area (Å²) in [7, 11) is 0. The molecule has 0 saturated heterocycles. The zero-order valence-electron chi connectivity index (χ0n) is 6.27. The molecule has 58 valence electrons. The molecule has 0 bridgehead atoms. The number of benzene rings is 1. The standard InChI is InChI=1S/C9H6N2O/c1-2-7-6-10-11-4-5-12-8(3-1)9(7)11/h1-6H. The molecule has 0 amide bonds. The third-order valence-corrected chi connectivity index (χ3v) is 1.98. The van der Waals surface area contributed by atoms with Gasteiger partial charge in [-0.1, -0.05) is 12.1 Å². The summed E-state index contributed by atoms with van der Waals surface area (Å²) in [4.78, 5) is 0. The van der Waals surface area contributed by atoms with Crippen LogP contribution in [-0.2, 0) is 0 Å². The number of hydrogen-bond donors (Lipinski definition) is 0. The quantitative estimate of drug-likeness (QED) is 0.585.